The zero-order valence-corrected chi connectivity index (χ0v) is 14.0. The standard InChI is InChI=1S/C15H20ClNS.ClH/c1-11(2)17(7-6-16)9-13-10-18-15-5-4-12(3)8-14(13)15;/h4-5,8,10-11H,6-7,9H2,1-3H3;1H. The normalized spacial score (nSPS) is 11.3. The van der Waals surface area contributed by atoms with Gasteiger partial charge in [0.05, 0.1) is 0 Å². The summed E-state index contributed by atoms with van der Waals surface area (Å²) in [5.41, 5.74) is 2.76. The van der Waals surface area contributed by atoms with Gasteiger partial charge < -0.3 is 0 Å². The number of hydrogen-bond acceptors (Lipinski definition) is 2. The molecular formula is C15H21Cl2NS. The van der Waals surface area contributed by atoms with Crippen LogP contribution >= 0.6 is 35.3 Å². The predicted octanol–water partition coefficient (Wildman–Crippen LogP) is 5.08. The van der Waals surface area contributed by atoms with Crippen molar-refractivity contribution in [3.8, 4) is 0 Å². The van der Waals surface area contributed by atoms with Gasteiger partial charge in [0.15, 0.2) is 0 Å². The molecule has 2 aromatic rings. The first kappa shape index (κ1) is 16.8. The van der Waals surface area contributed by atoms with Crippen molar-refractivity contribution in [1.29, 1.82) is 0 Å². The number of alkyl halides is 1. The summed E-state index contributed by atoms with van der Waals surface area (Å²) in [6, 6.07) is 7.23. The van der Waals surface area contributed by atoms with E-state index in [1.807, 2.05) is 11.3 Å². The molecule has 0 atom stereocenters. The van der Waals surface area contributed by atoms with Crippen LogP contribution in [0.3, 0.4) is 0 Å². The minimum Gasteiger partial charge on any atom is -0.295 e. The van der Waals surface area contributed by atoms with Gasteiger partial charge >= 0.3 is 0 Å². The summed E-state index contributed by atoms with van der Waals surface area (Å²) in [7, 11) is 0. The number of aryl methyl sites for hydroxylation is 1. The summed E-state index contributed by atoms with van der Waals surface area (Å²) in [6.45, 7) is 8.55. The smallest absolute Gasteiger partial charge is 0.0351 e. The highest BCUT2D eigenvalue weighted by atomic mass is 35.5. The van der Waals surface area contributed by atoms with Gasteiger partial charge in [-0.2, -0.15) is 0 Å². The molecule has 0 spiro atoms. The second-order valence-corrected chi connectivity index (χ2v) is 6.30. The Bertz CT molecular complexity index is 522. The first-order valence-electron chi connectivity index (χ1n) is 6.38. The van der Waals surface area contributed by atoms with E-state index in [0.717, 1.165) is 13.1 Å². The highest BCUT2D eigenvalue weighted by Gasteiger charge is 2.12. The van der Waals surface area contributed by atoms with Crippen LogP contribution in [0.5, 0.6) is 0 Å². The van der Waals surface area contributed by atoms with E-state index < -0.39 is 0 Å². The van der Waals surface area contributed by atoms with Gasteiger partial charge in [0.25, 0.3) is 0 Å². The summed E-state index contributed by atoms with van der Waals surface area (Å²) in [4.78, 5) is 2.43. The van der Waals surface area contributed by atoms with Gasteiger partial charge in [0.1, 0.15) is 0 Å². The summed E-state index contributed by atoms with van der Waals surface area (Å²) in [5.74, 6) is 0.694. The molecule has 0 aliphatic rings. The van der Waals surface area contributed by atoms with Crippen LogP contribution in [-0.2, 0) is 6.54 Å². The van der Waals surface area contributed by atoms with Crippen molar-refractivity contribution in [3.05, 3.63) is 34.7 Å². The molecule has 4 heteroatoms. The van der Waals surface area contributed by atoms with Crippen LogP contribution in [0.1, 0.15) is 25.0 Å². The lowest BCUT2D eigenvalue weighted by Gasteiger charge is -2.25. The maximum absolute atomic E-state index is 5.88. The summed E-state index contributed by atoms with van der Waals surface area (Å²) in [6.07, 6.45) is 0. The van der Waals surface area contributed by atoms with Gasteiger partial charge in [-0.3, -0.25) is 4.90 Å². The fraction of sp³-hybridized carbons (Fsp3) is 0.467. The molecule has 0 N–H and O–H groups in total. The van der Waals surface area contributed by atoms with Crippen molar-refractivity contribution in [1.82, 2.24) is 4.90 Å². The number of thiophene rings is 1. The number of nitrogens with zero attached hydrogens (tertiary/aromatic N) is 1. The largest absolute Gasteiger partial charge is 0.295 e. The molecular weight excluding hydrogens is 297 g/mol. The molecule has 0 unspecified atom stereocenters. The Morgan fingerprint density at radius 1 is 1.32 bits per heavy atom. The highest BCUT2D eigenvalue weighted by molar-refractivity contribution is 7.17. The van der Waals surface area contributed by atoms with E-state index in [4.69, 9.17) is 11.6 Å². The molecule has 1 heterocycles. The third-order valence-corrected chi connectivity index (χ3v) is 4.47. The Labute approximate surface area is 131 Å². The number of halogens is 2. The fourth-order valence-electron chi connectivity index (χ4n) is 2.17. The van der Waals surface area contributed by atoms with Crippen molar-refractivity contribution < 1.29 is 0 Å². The van der Waals surface area contributed by atoms with Crippen molar-refractivity contribution in [2.24, 2.45) is 0 Å². The van der Waals surface area contributed by atoms with Crippen LogP contribution in [0.2, 0.25) is 0 Å². The minimum atomic E-state index is 0. The molecule has 0 fully saturated rings. The van der Waals surface area contributed by atoms with Crippen LogP contribution in [0, 0.1) is 6.92 Å². The number of rotatable bonds is 5. The maximum Gasteiger partial charge on any atom is 0.0351 e. The summed E-state index contributed by atoms with van der Waals surface area (Å²) < 4.78 is 1.38. The fourth-order valence-corrected chi connectivity index (χ4v) is 3.32. The van der Waals surface area contributed by atoms with E-state index in [-0.39, 0.29) is 12.4 Å². The molecule has 106 valence electrons. The molecule has 0 saturated carbocycles. The molecule has 0 radical (unpaired) electrons. The number of benzene rings is 1. The van der Waals surface area contributed by atoms with Crippen LogP contribution in [0.25, 0.3) is 10.1 Å². The van der Waals surface area contributed by atoms with E-state index >= 15 is 0 Å². The van der Waals surface area contributed by atoms with E-state index in [9.17, 15) is 0 Å². The first-order chi connectivity index (χ1) is 8.61. The minimum absolute atomic E-state index is 0. The Balaban J connectivity index is 0.00000180. The lowest BCUT2D eigenvalue weighted by molar-refractivity contribution is 0.227. The van der Waals surface area contributed by atoms with Crippen molar-refractivity contribution >= 4 is 45.4 Å². The molecule has 2 rings (SSSR count). The van der Waals surface area contributed by atoms with Gasteiger partial charge in [0.2, 0.25) is 0 Å². The third-order valence-electron chi connectivity index (χ3n) is 3.28. The van der Waals surface area contributed by atoms with Gasteiger partial charge in [0, 0.05) is 29.7 Å². The van der Waals surface area contributed by atoms with Gasteiger partial charge in [-0.1, -0.05) is 17.7 Å². The van der Waals surface area contributed by atoms with Crippen molar-refractivity contribution in [3.63, 3.8) is 0 Å². The third kappa shape index (κ3) is 4.09. The van der Waals surface area contributed by atoms with Crippen LogP contribution < -0.4 is 0 Å². The SMILES string of the molecule is Cc1ccc2scc(CN(CCCl)C(C)C)c2c1.Cl. The average Bonchev–Trinajstić information content (AvgIpc) is 2.71. The van der Waals surface area contributed by atoms with E-state index in [1.54, 1.807) is 0 Å². The number of hydrogen-bond donors (Lipinski definition) is 0. The molecule has 1 aromatic heterocycles. The topological polar surface area (TPSA) is 3.24 Å². The summed E-state index contributed by atoms with van der Waals surface area (Å²) >= 11 is 7.72. The van der Waals surface area contributed by atoms with Crippen LogP contribution in [0.4, 0.5) is 0 Å². The van der Waals surface area contributed by atoms with Crippen LogP contribution in [0.15, 0.2) is 23.6 Å². The Kier molecular flexibility index (Phi) is 6.61. The lowest BCUT2D eigenvalue weighted by Crippen LogP contribution is -2.31. The molecule has 0 aliphatic heterocycles. The molecule has 0 amide bonds. The van der Waals surface area contributed by atoms with E-state index in [2.05, 4.69) is 49.3 Å². The lowest BCUT2D eigenvalue weighted by atomic mass is 10.1. The van der Waals surface area contributed by atoms with Gasteiger partial charge in [-0.05, 0) is 43.2 Å². The molecule has 1 aromatic carbocycles. The second kappa shape index (κ2) is 7.49. The Morgan fingerprint density at radius 2 is 2.05 bits per heavy atom. The molecule has 0 saturated heterocycles. The predicted molar refractivity (Wildman–Crippen MR) is 90.1 cm³/mol. The van der Waals surface area contributed by atoms with Crippen molar-refractivity contribution in [2.45, 2.75) is 33.4 Å². The second-order valence-electron chi connectivity index (χ2n) is 5.01. The quantitative estimate of drug-likeness (QED) is 0.695. The Morgan fingerprint density at radius 3 is 2.68 bits per heavy atom. The van der Waals surface area contributed by atoms with Crippen molar-refractivity contribution in [2.75, 3.05) is 12.4 Å². The molecule has 1 nitrogen and oxygen atoms in total. The zero-order valence-electron chi connectivity index (χ0n) is 11.6. The Hall–Kier alpha value is -0.280. The zero-order chi connectivity index (χ0) is 13.1. The van der Waals surface area contributed by atoms with Gasteiger partial charge in [-0.25, -0.2) is 0 Å². The molecule has 0 aliphatic carbocycles. The van der Waals surface area contributed by atoms with E-state index in [1.165, 1.54) is 21.2 Å². The maximum atomic E-state index is 5.88. The highest BCUT2D eigenvalue weighted by Crippen LogP contribution is 2.28. The van der Waals surface area contributed by atoms with Crippen LogP contribution in [-0.4, -0.2) is 23.4 Å². The first-order valence-corrected chi connectivity index (χ1v) is 7.80. The average molecular weight is 318 g/mol. The summed E-state index contributed by atoms with van der Waals surface area (Å²) in [5, 5.41) is 3.69. The number of fused-ring (bicyclic) bond motifs is 1. The van der Waals surface area contributed by atoms with Gasteiger partial charge in [-0.15, -0.1) is 35.3 Å². The molecule has 0 bridgehead atoms. The molecule has 19 heavy (non-hydrogen) atoms. The van der Waals surface area contributed by atoms with E-state index in [0.29, 0.717) is 11.9 Å². The monoisotopic (exact) mass is 317 g/mol.